The van der Waals surface area contributed by atoms with Gasteiger partial charge in [-0.3, -0.25) is 0 Å². The fourth-order valence-corrected chi connectivity index (χ4v) is 1.62. The van der Waals surface area contributed by atoms with E-state index in [0.29, 0.717) is 11.1 Å². The topological polar surface area (TPSA) is 92.3 Å². The van der Waals surface area contributed by atoms with Crippen LogP contribution in [-0.4, -0.2) is 26.2 Å². The van der Waals surface area contributed by atoms with Gasteiger partial charge in [-0.25, -0.2) is 14.8 Å². The summed E-state index contributed by atoms with van der Waals surface area (Å²) in [5.41, 5.74) is 1.07. The lowest BCUT2D eigenvalue weighted by Crippen LogP contribution is -2.25. The summed E-state index contributed by atoms with van der Waals surface area (Å²) in [6.45, 7) is 0. The Morgan fingerprint density at radius 2 is 1.89 bits per heavy atom. The van der Waals surface area contributed by atoms with Gasteiger partial charge in [0.2, 0.25) is 5.95 Å². The minimum atomic E-state index is -1.27. The first-order valence-electron chi connectivity index (χ1n) is 5.41. The van der Waals surface area contributed by atoms with Gasteiger partial charge in [-0.15, -0.1) is 0 Å². The number of benzene rings is 1. The number of amides is 1. The maximum Gasteiger partial charge on any atom is 0.422 e. The molecule has 0 radical (unpaired) electrons. The van der Waals surface area contributed by atoms with Crippen LogP contribution in [0.3, 0.4) is 0 Å². The number of oxazole rings is 1. The van der Waals surface area contributed by atoms with Crippen molar-refractivity contribution in [1.82, 2.24) is 15.0 Å². The molecule has 19 heavy (non-hydrogen) atoms. The molecule has 0 spiro atoms. The number of fused-ring (bicyclic) bond motifs is 1. The molecule has 7 nitrogen and oxygen atoms in total. The molecule has 0 saturated carbocycles. The van der Waals surface area contributed by atoms with Gasteiger partial charge in [0.25, 0.3) is 0 Å². The van der Waals surface area contributed by atoms with Crippen molar-refractivity contribution in [1.29, 1.82) is 0 Å². The predicted octanol–water partition coefficient (Wildman–Crippen LogP) is 2.43. The van der Waals surface area contributed by atoms with Gasteiger partial charge in [-0.1, -0.05) is 12.1 Å². The minimum absolute atomic E-state index is 0.0124. The number of nitrogens with zero attached hydrogens (tertiary/aromatic N) is 4. The first-order valence-corrected chi connectivity index (χ1v) is 5.41. The second kappa shape index (κ2) is 4.37. The smallest absolute Gasteiger partial charge is 0.422 e. The lowest BCUT2D eigenvalue weighted by atomic mass is 10.3. The Kier molecular flexibility index (Phi) is 2.57. The molecular formula is C12H8N4O3. The van der Waals surface area contributed by atoms with Gasteiger partial charge in [-0.05, 0) is 18.2 Å². The second-order valence-electron chi connectivity index (χ2n) is 3.63. The molecule has 0 unspecified atom stereocenters. The first-order chi connectivity index (χ1) is 9.25. The van der Waals surface area contributed by atoms with Gasteiger partial charge in [0.1, 0.15) is 5.52 Å². The van der Waals surface area contributed by atoms with Crippen molar-refractivity contribution in [2.45, 2.75) is 0 Å². The van der Waals surface area contributed by atoms with Crippen LogP contribution in [0.15, 0.2) is 47.1 Å². The van der Waals surface area contributed by atoms with E-state index < -0.39 is 6.09 Å². The van der Waals surface area contributed by atoms with Gasteiger partial charge < -0.3 is 9.52 Å². The molecule has 0 aliphatic rings. The molecule has 1 aromatic carbocycles. The largest absolute Gasteiger partial charge is 0.464 e. The SMILES string of the molecule is O=C(O)N(c1ncccn1)c1nc2ccccc2o1. The Balaban J connectivity index is 2.12. The van der Waals surface area contributed by atoms with E-state index in [1.165, 1.54) is 12.4 Å². The molecule has 0 atom stereocenters. The third-order valence-electron chi connectivity index (χ3n) is 2.42. The van der Waals surface area contributed by atoms with E-state index in [1.54, 1.807) is 30.3 Å². The Morgan fingerprint density at radius 1 is 1.16 bits per heavy atom. The summed E-state index contributed by atoms with van der Waals surface area (Å²) in [4.78, 5) is 24.0. The number of anilines is 2. The van der Waals surface area contributed by atoms with Crippen molar-refractivity contribution in [3.05, 3.63) is 42.7 Å². The van der Waals surface area contributed by atoms with Crippen LogP contribution in [0.5, 0.6) is 0 Å². The Bertz CT molecular complexity index is 693. The molecule has 3 aromatic rings. The Morgan fingerprint density at radius 3 is 2.58 bits per heavy atom. The highest BCUT2D eigenvalue weighted by atomic mass is 16.4. The van der Waals surface area contributed by atoms with E-state index in [0.717, 1.165) is 4.90 Å². The Hall–Kier alpha value is -2.96. The number of carbonyl (C=O) groups is 1. The van der Waals surface area contributed by atoms with Crippen LogP contribution >= 0.6 is 0 Å². The fraction of sp³-hybridized carbons (Fsp3) is 0. The number of para-hydroxylation sites is 2. The average Bonchev–Trinajstić information content (AvgIpc) is 2.82. The summed E-state index contributed by atoms with van der Waals surface area (Å²) in [6, 6.07) is 8.52. The van der Waals surface area contributed by atoms with Gasteiger partial charge in [-0.2, -0.15) is 9.88 Å². The third kappa shape index (κ3) is 1.97. The lowest BCUT2D eigenvalue weighted by molar-refractivity contribution is 0.203. The lowest BCUT2D eigenvalue weighted by Gasteiger charge is -2.11. The van der Waals surface area contributed by atoms with E-state index >= 15 is 0 Å². The van der Waals surface area contributed by atoms with Crippen LogP contribution in [0.1, 0.15) is 0 Å². The minimum Gasteiger partial charge on any atom is -0.464 e. The van der Waals surface area contributed by atoms with E-state index in [4.69, 9.17) is 4.42 Å². The highest BCUT2D eigenvalue weighted by Crippen LogP contribution is 2.25. The van der Waals surface area contributed by atoms with E-state index in [-0.39, 0.29) is 12.0 Å². The van der Waals surface area contributed by atoms with Crippen LogP contribution in [0.25, 0.3) is 11.1 Å². The van der Waals surface area contributed by atoms with Crippen molar-refractivity contribution in [3.8, 4) is 0 Å². The molecule has 0 fully saturated rings. The molecule has 7 heteroatoms. The zero-order valence-electron chi connectivity index (χ0n) is 9.59. The number of aromatic nitrogens is 3. The van der Waals surface area contributed by atoms with Crippen molar-refractivity contribution < 1.29 is 14.3 Å². The highest BCUT2D eigenvalue weighted by Gasteiger charge is 2.24. The van der Waals surface area contributed by atoms with E-state index in [9.17, 15) is 9.90 Å². The highest BCUT2D eigenvalue weighted by molar-refractivity contribution is 5.91. The van der Waals surface area contributed by atoms with Crippen molar-refractivity contribution >= 4 is 29.2 Å². The van der Waals surface area contributed by atoms with Crippen LogP contribution in [0.4, 0.5) is 16.8 Å². The van der Waals surface area contributed by atoms with Crippen LogP contribution < -0.4 is 4.90 Å². The molecule has 0 saturated heterocycles. The number of hydrogen-bond acceptors (Lipinski definition) is 5. The standard InChI is InChI=1S/C12H8N4O3/c17-12(18)16(10-13-6-3-7-14-10)11-15-8-4-1-2-5-9(8)19-11/h1-7H,(H,17,18). The zero-order valence-corrected chi connectivity index (χ0v) is 9.59. The van der Waals surface area contributed by atoms with Gasteiger partial charge in [0, 0.05) is 12.4 Å². The molecule has 94 valence electrons. The maximum atomic E-state index is 11.3. The summed E-state index contributed by atoms with van der Waals surface area (Å²) in [5.74, 6) is -0.0124. The summed E-state index contributed by atoms with van der Waals surface area (Å²) in [7, 11) is 0. The molecule has 0 bridgehead atoms. The van der Waals surface area contributed by atoms with Crippen molar-refractivity contribution in [3.63, 3.8) is 0 Å². The van der Waals surface area contributed by atoms with E-state index in [1.807, 2.05) is 0 Å². The monoisotopic (exact) mass is 256 g/mol. The number of rotatable bonds is 2. The quantitative estimate of drug-likeness (QED) is 0.756. The van der Waals surface area contributed by atoms with Crippen LogP contribution in [0.2, 0.25) is 0 Å². The average molecular weight is 256 g/mol. The first kappa shape index (κ1) is 11.1. The van der Waals surface area contributed by atoms with Gasteiger partial charge in [0.15, 0.2) is 5.58 Å². The molecule has 2 aromatic heterocycles. The molecule has 3 rings (SSSR count). The van der Waals surface area contributed by atoms with E-state index in [2.05, 4.69) is 15.0 Å². The normalized spacial score (nSPS) is 10.5. The molecule has 0 aliphatic heterocycles. The van der Waals surface area contributed by atoms with Crippen LogP contribution in [-0.2, 0) is 0 Å². The third-order valence-corrected chi connectivity index (χ3v) is 2.42. The molecule has 1 amide bonds. The second-order valence-corrected chi connectivity index (χ2v) is 3.63. The number of hydrogen-bond donors (Lipinski definition) is 1. The summed E-state index contributed by atoms with van der Waals surface area (Å²) in [6.07, 6.45) is 1.62. The Labute approximate surface area is 107 Å². The summed E-state index contributed by atoms with van der Waals surface area (Å²) >= 11 is 0. The fourth-order valence-electron chi connectivity index (χ4n) is 1.62. The van der Waals surface area contributed by atoms with Crippen molar-refractivity contribution in [2.24, 2.45) is 0 Å². The summed E-state index contributed by atoms with van der Waals surface area (Å²) < 4.78 is 5.40. The van der Waals surface area contributed by atoms with Crippen molar-refractivity contribution in [2.75, 3.05) is 4.90 Å². The predicted molar refractivity (Wildman–Crippen MR) is 66.2 cm³/mol. The zero-order chi connectivity index (χ0) is 13.2. The summed E-state index contributed by atoms with van der Waals surface area (Å²) in [5, 5.41) is 9.25. The molecule has 1 N–H and O–H groups in total. The van der Waals surface area contributed by atoms with Gasteiger partial charge in [0.05, 0.1) is 0 Å². The van der Waals surface area contributed by atoms with Gasteiger partial charge >= 0.3 is 12.1 Å². The molecule has 2 heterocycles. The maximum absolute atomic E-state index is 11.3. The number of carboxylic acid groups (broad SMARTS) is 1. The van der Waals surface area contributed by atoms with Crippen LogP contribution in [0, 0.1) is 0 Å². The molecular weight excluding hydrogens is 248 g/mol. The molecule has 0 aliphatic carbocycles.